The maximum atomic E-state index is 12.3. The monoisotopic (exact) mass is 474 g/mol. The number of aromatic nitrogens is 5. The summed E-state index contributed by atoms with van der Waals surface area (Å²) in [4.78, 5) is 11.2. The summed E-state index contributed by atoms with van der Waals surface area (Å²) in [6, 6.07) is 7.26. The minimum atomic E-state index is -3.50. The van der Waals surface area contributed by atoms with Crippen LogP contribution >= 0.6 is 11.6 Å². The Bertz CT molecular complexity index is 1410. The molecule has 168 valence electrons. The van der Waals surface area contributed by atoms with Crippen molar-refractivity contribution in [1.82, 2.24) is 29.2 Å². The fraction of sp³-hybridized carbons (Fsp3) is 0.381. The highest BCUT2D eigenvalue weighted by atomic mass is 35.5. The summed E-state index contributed by atoms with van der Waals surface area (Å²) < 4.78 is 28.3. The number of imidazole rings is 1. The highest BCUT2D eigenvalue weighted by Gasteiger charge is 2.23. The maximum Gasteiger partial charge on any atom is 0.195 e. The number of fused-ring (bicyclic) bond motifs is 2. The molecule has 11 heteroatoms. The van der Waals surface area contributed by atoms with E-state index in [1.807, 2.05) is 18.2 Å². The van der Waals surface area contributed by atoms with Crippen LogP contribution in [-0.2, 0) is 22.9 Å². The van der Waals surface area contributed by atoms with E-state index in [2.05, 4.69) is 19.5 Å². The molecule has 3 aromatic heterocycles. The number of hydrogen-bond donors (Lipinski definition) is 1. The predicted molar refractivity (Wildman–Crippen MR) is 122 cm³/mol. The minimum absolute atomic E-state index is 0.0339. The average Bonchev–Trinajstić information content (AvgIpc) is 3.42. The van der Waals surface area contributed by atoms with Crippen LogP contribution in [0.3, 0.4) is 0 Å². The average molecular weight is 475 g/mol. The number of aliphatic hydroxyl groups excluding tert-OH is 1. The first-order valence-electron chi connectivity index (χ1n) is 10.4. The molecule has 0 bridgehead atoms. The Balaban J connectivity index is 1.55. The summed E-state index contributed by atoms with van der Waals surface area (Å²) in [6.07, 6.45) is 4.84. The van der Waals surface area contributed by atoms with Crippen molar-refractivity contribution in [3.63, 3.8) is 0 Å². The van der Waals surface area contributed by atoms with Crippen molar-refractivity contribution in [1.29, 1.82) is 0 Å². The summed E-state index contributed by atoms with van der Waals surface area (Å²) >= 11 is 6.19. The zero-order chi connectivity index (χ0) is 22.5. The Kier molecular flexibility index (Phi) is 5.40. The van der Waals surface area contributed by atoms with Crippen molar-refractivity contribution in [3.8, 4) is 0 Å². The third-order valence-corrected chi connectivity index (χ3v) is 7.08. The van der Waals surface area contributed by atoms with Crippen LogP contribution in [-0.4, -0.2) is 74.7 Å². The first-order chi connectivity index (χ1) is 15.3. The number of halogens is 1. The highest BCUT2D eigenvalue weighted by Crippen LogP contribution is 2.25. The van der Waals surface area contributed by atoms with Crippen molar-refractivity contribution in [2.75, 3.05) is 25.9 Å². The number of nitrogens with zero attached hydrogens (tertiary/aromatic N) is 6. The third-order valence-electron chi connectivity index (χ3n) is 5.84. The lowest BCUT2D eigenvalue weighted by molar-refractivity contribution is 0.175. The van der Waals surface area contributed by atoms with E-state index in [1.165, 1.54) is 0 Å². The summed E-state index contributed by atoms with van der Waals surface area (Å²) in [5, 5.41) is 15.4. The number of β-amino-alcohol motifs (C(OH)–C–C–N with tert-alkyl or cyclic N) is 1. The summed E-state index contributed by atoms with van der Waals surface area (Å²) in [7, 11) is -3.50. The molecular formula is C21H23ClN6O3S. The molecule has 0 amide bonds. The van der Waals surface area contributed by atoms with Gasteiger partial charge in [-0.15, -0.1) is 0 Å². The lowest BCUT2D eigenvalue weighted by atomic mass is 10.3. The molecule has 0 radical (unpaired) electrons. The highest BCUT2D eigenvalue weighted by molar-refractivity contribution is 7.90. The van der Waals surface area contributed by atoms with Gasteiger partial charge in [0.05, 0.1) is 35.4 Å². The van der Waals surface area contributed by atoms with Gasteiger partial charge in [-0.05, 0) is 30.7 Å². The third kappa shape index (κ3) is 3.99. The van der Waals surface area contributed by atoms with Crippen LogP contribution in [0.15, 0.2) is 41.7 Å². The number of likely N-dealkylation sites (tertiary alicyclic amines) is 1. The second-order valence-electron chi connectivity index (χ2n) is 8.18. The Hall–Kier alpha value is -2.53. The van der Waals surface area contributed by atoms with Gasteiger partial charge in [-0.2, -0.15) is 5.10 Å². The number of pyridine rings is 1. The van der Waals surface area contributed by atoms with E-state index in [9.17, 15) is 13.5 Å². The molecule has 1 N–H and O–H groups in total. The number of hydrogen-bond acceptors (Lipinski definition) is 7. The Labute approximate surface area is 190 Å². The Morgan fingerprint density at radius 1 is 1.22 bits per heavy atom. The fourth-order valence-corrected chi connectivity index (χ4v) is 5.28. The van der Waals surface area contributed by atoms with Gasteiger partial charge in [0.2, 0.25) is 0 Å². The lowest BCUT2D eigenvalue weighted by Crippen LogP contribution is -2.27. The van der Waals surface area contributed by atoms with E-state index in [0.717, 1.165) is 42.6 Å². The van der Waals surface area contributed by atoms with Crippen molar-refractivity contribution in [2.45, 2.75) is 30.6 Å². The topological polar surface area (TPSA) is 106 Å². The number of rotatable bonds is 6. The largest absolute Gasteiger partial charge is 0.392 e. The second kappa shape index (κ2) is 8.11. The lowest BCUT2D eigenvalue weighted by Gasteiger charge is -2.17. The molecule has 1 saturated heterocycles. The van der Waals surface area contributed by atoms with E-state index >= 15 is 0 Å². The van der Waals surface area contributed by atoms with Gasteiger partial charge in [0.1, 0.15) is 5.82 Å². The van der Waals surface area contributed by atoms with Gasteiger partial charge in [-0.25, -0.2) is 13.4 Å². The summed E-state index contributed by atoms with van der Waals surface area (Å²) in [6.45, 7) is 3.26. The molecule has 4 aromatic rings. The molecule has 5 rings (SSSR count). The van der Waals surface area contributed by atoms with E-state index < -0.39 is 9.84 Å². The minimum Gasteiger partial charge on any atom is -0.392 e. The van der Waals surface area contributed by atoms with Crippen molar-refractivity contribution in [3.05, 3.63) is 47.5 Å². The van der Waals surface area contributed by atoms with Crippen LogP contribution in [0.5, 0.6) is 0 Å². The van der Waals surface area contributed by atoms with E-state index in [-0.39, 0.29) is 17.7 Å². The van der Waals surface area contributed by atoms with E-state index in [4.69, 9.17) is 16.6 Å². The molecule has 1 unspecified atom stereocenters. The molecule has 1 fully saturated rings. The molecular weight excluding hydrogens is 452 g/mol. The molecule has 0 saturated carbocycles. The molecule has 32 heavy (non-hydrogen) atoms. The number of aliphatic hydroxyl groups is 1. The predicted octanol–water partition coefficient (Wildman–Crippen LogP) is 1.95. The van der Waals surface area contributed by atoms with E-state index in [0.29, 0.717) is 29.0 Å². The maximum absolute atomic E-state index is 12.3. The fourth-order valence-electron chi connectivity index (χ4n) is 4.30. The van der Waals surface area contributed by atoms with Gasteiger partial charge in [-0.3, -0.25) is 14.6 Å². The smallest absolute Gasteiger partial charge is 0.195 e. The van der Waals surface area contributed by atoms with Crippen molar-refractivity contribution in [2.24, 2.45) is 0 Å². The molecule has 9 nitrogen and oxygen atoms in total. The van der Waals surface area contributed by atoms with Crippen LogP contribution in [0, 0.1) is 0 Å². The van der Waals surface area contributed by atoms with Crippen LogP contribution in [0.1, 0.15) is 12.2 Å². The molecule has 0 spiro atoms. The van der Waals surface area contributed by atoms with Gasteiger partial charge in [0, 0.05) is 49.0 Å². The zero-order valence-electron chi connectivity index (χ0n) is 17.5. The quantitative estimate of drug-likeness (QED) is 0.455. The zero-order valence-corrected chi connectivity index (χ0v) is 19.1. The summed E-state index contributed by atoms with van der Waals surface area (Å²) in [5.41, 5.74) is 2.35. The molecule has 1 aliphatic heterocycles. The SMILES string of the molecule is CS(=O)(=O)c1nn(Cc2nc3cc(Cl)ccc3n2CCN2CCC(O)C2)c2cnccc12. The summed E-state index contributed by atoms with van der Waals surface area (Å²) in [5.74, 6) is 0.746. The standard InChI is InChI=1S/C21H23ClN6O3S/c1-32(30,31)21-16-4-6-23-11-19(16)28(25-21)13-20-24-17-10-14(22)2-3-18(17)27(20)9-8-26-7-5-15(29)12-26/h2-4,6,10-11,15,29H,5,7-9,12-13H2,1H3. The first kappa shape index (κ1) is 21.3. The van der Waals surface area contributed by atoms with E-state index in [1.54, 1.807) is 23.1 Å². The van der Waals surface area contributed by atoms with Gasteiger partial charge < -0.3 is 9.67 Å². The molecule has 1 aliphatic rings. The Morgan fingerprint density at radius 3 is 2.81 bits per heavy atom. The van der Waals surface area contributed by atoms with Crippen LogP contribution in [0.4, 0.5) is 0 Å². The number of benzene rings is 1. The first-order valence-corrected chi connectivity index (χ1v) is 12.6. The Morgan fingerprint density at radius 2 is 2.06 bits per heavy atom. The van der Waals surface area contributed by atoms with Gasteiger partial charge in [0.25, 0.3) is 0 Å². The van der Waals surface area contributed by atoms with Crippen LogP contribution in [0.2, 0.25) is 5.02 Å². The normalized spacial score (nSPS) is 17.7. The second-order valence-corrected chi connectivity index (χ2v) is 10.6. The van der Waals surface area contributed by atoms with Gasteiger partial charge >= 0.3 is 0 Å². The number of sulfone groups is 1. The molecule has 0 aliphatic carbocycles. The molecule has 4 heterocycles. The van der Waals surface area contributed by atoms with Gasteiger partial charge in [0.15, 0.2) is 14.9 Å². The van der Waals surface area contributed by atoms with Crippen LogP contribution < -0.4 is 0 Å². The van der Waals surface area contributed by atoms with Crippen LogP contribution in [0.25, 0.3) is 21.9 Å². The van der Waals surface area contributed by atoms with Crippen molar-refractivity contribution < 1.29 is 13.5 Å². The molecule has 1 atom stereocenters. The van der Waals surface area contributed by atoms with Gasteiger partial charge in [-0.1, -0.05) is 11.6 Å². The molecule has 1 aromatic carbocycles. The van der Waals surface area contributed by atoms with Crippen molar-refractivity contribution >= 4 is 43.4 Å².